The minimum Gasteiger partial charge on any atom is -0.313 e. The maximum Gasteiger partial charge on any atom is 0.0406 e. The smallest absolute Gasteiger partial charge is 0.0406 e. The van der Waals surface area contributed by atoms with Crippen LogP contribution in [0.1, 0.15) is 17.2 Å². The molecule has 0 bridgehead atoms. The lowest BCUT2D eigenvalue weighted by Gasteiger charge is -2.18. The average Bonchev–Trinajstić information content (AvgIpc) is 2.39. The van der Waals surface area contributed by atoms with Gasteiger partial charge in [-0.25, -0.2) is 0 Å². The van der Waals surface area contributed by atoms with Crippen LogP contribution in [-0.4, -0.2) is 7.05 Å². The van der Waals surface area contributed by atoms with Gasteiger partial charge in [-0.15, -0.1) is 0 Å². The Balaban J connectivity index is 2.22. The van der Waals surface area contributed by atoms with E-state index < -0.39 is 0 Å². The van der Waals surface area contributed by atoms with E-state index in [1.807, 2.05) is 19.2 Å². The molecule has 1 nitrogen and oxygen atoms in total. The lowest BCUT2D eigenvalue weighted by molar-refractivity contribution is 0.589. The van der Waals surface area contributed by atoms with Crippen molar-refractivity contribution in [2.45, 2.75) is 12.5 Å². The summed E-state index contributed by atoms with van der Waals surface area (Å²) in [6, 6.07) is 14.5. The third kappa shape index (κ3) is 4.06. The second-order valence-corrected chi connectivity index (χ2v) is 6.54. The number of likely N-dealkylation sites (N-methyl/N-ethyl adjacent to an activating group) is 1. The van der Waals surface area contributed by atoms with E-state index in [0.29, 0.717) is 0 Å². The Hall–Kier alpha value is -0.350. The predicted octanol–water partition coefficient (Wildman–Crippen LogP) is 5.37. The number of benzene rings is 2. The van der Waals surface area contributed by atoms with Crippen molar-refractivity contribution in [3.05, 3.63) is 67.6 Å². The lowest BCUT2D eigenvalue weighted by atomic mass is 9.99. The SMILES string of the molecule is CNC(Cc1ccc(Cl)cc1)c1ccc(Br)cc1Br. The van der Waals surface area contributed by atoms with Gasteiger partial charge in [0.25, 0.3) is 0 Å². The highest BCUT2D eigenvalue weighted by Gasteiger charge is 2.13. The third-order valence-electron chi connectivity index (χ3n) is 3.04. The summed E-state index contributed by atoms with van der Waals surface area (Å²) in [6.07, 6.45) is 0.925. The van der Waals surface area contributed by atoms with Crippen LogP contribution in [0.3, 0.4) is 0 Å². The van der Waals surface area contributed by atoms with Gasteiger partial charge >= 0.3 is 0 Å². The van der Waals surface area contributed by atoms with Crippen molar-refractivity contribution in [1.82, 2.24) is 5.32 Å². The van der Waals surface area contributed by atoms with Crippen LogP contribution in [0.15, 0.2) is 51.4 Å². The van der Waals surface area contributed by atoms with E-state index in [0.717, 1.165) is 20.4 Å². The van der Waals surface area contributed by atoms with Crippen molar-refractivity contribution in [2.24, 2.45) is 0 Å². The van der Waals surface area contributed by atoms with Gasteiger partial charge < -0.3 is 5.32 Å². The molecule has 19 heavy (non-hydrogen) atoms. The number of nitrogens with one attached hydrogen (secondary N) is 1. The van der Waals surface area contributed by atoms with Gasteiger partial charge in [-0.3, -0.25) is 0 Å². The van der Waals surface area contributed by atoms with Gasteiger partial charge in [0, 0.05) is 20.0 Å². The molecule has 2 rings (SSSR count). The summed E-state index contributed by atoms with van der Waals surface area (Å²) in [4.78, 5) is 0. The van der Waals surface area contributed by atoms with Crippen LogP contribution >= 0.6 is 43.5 Å². The molecule has 0 spiro atoms. The zero-order valence-corrected chi connectivity index (χ0v) is 14.4. The second kappa shape index (κ2) is 6.89. The minimum atomic E-state index is 0.267. The van der Waals surface area contributed by atoms with Crippen molar-refractivity contribution in [2.75, 3.05) is 7.05 Å². The molecule has 0 aromatic heterocycles. The molecule has 2 aromatic carbocycles. The Bertz CT molecular complexity index is 555. The number of hydrogen-bond acceptors (Lipinski definition) is 1. The highest BCUT2D eigenvalue weighted by Crippen LogP contribution is 2.29. The summed E-state index contributed by atoms with van der Waals surface area (Å²) in [5.41, 5.74) is 2.51. The van der Waals surface area contributed by atoms with Crippen LogP contribution in [0.4, 0.5) is 0 Å². The average molecular weight is 404 g/mol. The molecule has 1 atom stereocenters. The minimum absolute atomic E-state index is 0.267. The predicted molar refractivity (Wildman–Crippen MR) is 88.8 cm³/mol. The Morgan fingerprint density at radius 3 is 2.37 bits per heavy atom. The monoisotopic (exact) mass is 401 g/mol. The first kappa shape index (κ1) is 15.0. The van der Waals surface area contributed by atoms with Gasteiger partial charge in [-0.2, -0.15) is 0 Å². The van der Waals surface area contributed by atoms with E-state index in [1.54, 1.807) is 0 Å². The molecule has 0 heterocycles. The maximum atomic E-state index is 5.91. The Morgan fingerprint density at radius 2 is 1.79 bits per heavy atom. The summed E-state index contributed by atoms with van der Waals surface area (Å²) in [5, 5.41) is 4.14. The molecule has 2 aromatic rings. The molecule has 0 saturated carbocycles. The standard InChI is InChI=1S/C15H14Br2ClN/c1-19-15(8-10-2-5-12(18)6-3-10)13-7-4-11(16)9-14(13)17/h2-7,9,15,19H,8H2,1H3. The molecule has 100 valence electrons. The molecule has 0 aliphatic rings. The normalized spacial score (nSPS) is 12.4. The first-order valence-electron chi connectivity index (χ1n) is 5.97. The molecule has 0 saturated heterocycles. The van der Waals surface area contributed by atoms with Crippen LogP contribution in [0, 0.1) is 0 Å². The number of halogens is 3. The largest absolute Gasteiger partial charge is 0.313 e. The van der Waals surface area contributed by atoms with Gasteiger partial charge in [0.15, 0.2) is 0 Å². The van der Waals surface area contributed by atoms with Crippen LogP contribution in [0.25, 0.3) is 0 Å². The number of hydrogen-bond donors (Lipinski definition) is 1. The molecular formula is C15H14Br2ClN. The van der Waals surface area contributed by atoms with E-state index in [2.05, 4.69) is 67.5 Å². The molecule has 0 amide bonds. The summed E-state index contributed by atoms with van der Waals surface area (Å²) in [7, 11) is 1.98. The summed E-state index contributed by atoms with van der Waals surface area (Å²) >= 11 is 13.0. The summed E-state index contributed by atoms with van der Waals surface area (Å²) in [6.45, 7) is 0. The Kier molecular flexibility index (Phi) is 5.46. The summed E-state index contributed by atoms with van der Waals surface area (Å²) < 4.78 is 2.18. The molecule has 4 heteroatoms. The van der Waals surface area contributed by atoms with Gasteiger partial charge in [-0.1, -0.05) is 61.7 Å². The fourth-order valence-electron chi connectivity index (χ4n) is 2.01. The fraction of sp³-hybridized carbons (Fsp3) is 0.200. The van der Waals surface area contributed by atoms with Gasteiger partial charge in [0.1, 0.15) is 0 Å². The van der Waals surface area contributed by atoms with Crippen LogP contribution in [0.5, 0.6) is 0 Å². The Morgan fingerprint density at radius 1 is 1.11 bits per heavy atom. The fourth-order valence-corrected chi connectivity index (χ4v) is 3.46. The van der Waals surface area contributed by atoms with Crippen LogP contribution in [0.2, 0.25) is 5.02 Å². The van der Waals surface area contributed by atoms with Crippen molar-refractivity contribution < 1.29 is 0 Å². The quantitative estimate of drug-likeness (QED) is 0.724. The third-order valence-corrected chi connectivity index (χ3v) is 4.47. The van der Waals surface area contributed by atoms with Gasteiger partial charge in [-0.05, 0) is 48.9 Å². The highest BCUT2D eigenvalue weighted by atomic mass is 79.9. The molecule has 0 aliphatic carbocycles. The zero-order chi connectivity index (χ0) is 13.8. The molecule has 0 radical (unpaired) electrons. The number of rotatable bonds is 4. The second-order valence-electron chi connectivity index (χ2n) is 4.34. The van der Waals surface area contributed by atoms with E-state index in [-0.39, 0.29) is 6.04 Å². The van der Waals surface area contributed by atoms with E-state index >= 15 is 0 Å². The first-order valence-corrected chi connectivity index (χ1v) is 7.93. The van der Waals surface area contributed by atoms with Crippen LogP contribution in [-0.2, 0) is 6.42 Å². The molecular weight excluding hydrogens is 389 g/mol. The molecule has 1 unspecified atom stereocenters. The van der Waals surface area contributed by atoms with Crippen molar-refractivity contribution in [1.29, 1.82) is 0 Å². The van der Waals surface area contributed by atoms with E-state index in [4.69, 9.17) is 11.6 Å². The lowest BCUT2D eigenvalue weighted by Crippen LogP contribution is -2.19. The Labute approximate surface area is 135 Å². The van der Waals surface area contributed by atoms with Crippen molar-refractivity contribution in [3.8, 4) is 0 Å². The maximum absolute atomic E-state index is 5.91. The van der Waals surface area contributed by atoms with Crippen LogP contribution < -0.4 is 5.32 Å². The van der Waals surface area contributed by atoms with E-state index in [9.17, 15) is 0 Å². The summed E-state index contributed by atoms with van der Waals surface area (Å²) in [5.74, 6) is 0. The molecule has 1 N–H and O–H groups in total. The first-order chi connectivity index (χ1) is 9.10. The van der Waals surface area contributed by atoms with Crippen molar-refractivity contribution in [3.63, 3.8) is 0 Å². The topological polar surface area (TPSA) is 12.0 Å². The molecule has 0 aliphatic heterocycles. The van der Waals surface area contributed by atoms with Gasteiger partial charge in [0.2, 0.25) is 0 Å². The molecule has 0 fully saturated rings. The van der Waals surface area contributed by atoms with E-state index in [1.165, 1.54) is 11.1 Å². The van der Waals surface area contributed by atoms with Crippen molar-refractivity contribution >= 4 is 43.5 Å². The highest BCUT2D eigenvalue weighted by molar-refractivity contribution is 9.11. The van der Waals surface area contributed by atoms with Gasteiger partial charge in [0.05, 0.1) is 0 Å². The zero-order valence-electron chi connectivity index (χ0n) is 10.5.